The molecule has 3 aromatic rings. The topological polar surface area (TPSA) is 168 Å². The van der Waals surface area contributed by atoms with E-state index in [4.69, 9.17) is 4.74 Å². The van der Waals surface area contributed by atoms with Crippen LogP contribution < -0.4 is 26.4 Å². The number of rotatable bonds is 4. The molecule has 0 radical (unpaired) electrons. The number of pyridine rings is 1. The Labute approximate surface area is 273 Å². The minimum absolute atomic E-state index is 0.0990. The molecule has 4 N–H and O–H groups in total. The van der Waals surface area contributed by atoms with E-state index in [-0.39, 0.29) is 47.5 Å². The number of aryl methyl sites for hydroxylation is 3. The van der Waals surface area contributed by atoms with Crippen LogP contribution in [-0.4, -0.2) is 82.4 Å². The average molecular weight is 648 g/mol. The zero-order valence-corrected chi connectivity index (χ0v) is 27.4. The van der Waals surface area contributed by atoms with E-state index in [0.29, 0.717) is 80.6 Å². The van der Waals surface area contributed by atoms with Crippen molar-refractivity contribution in [3.63, 3.8) is 0 Å². The van der Waals surface area contributed by atoms with E-state index in [9.17, 15) is 24.0 Å². The van der Waals surface area contributed by atoms with Gasteiger partial charge < -0.3 is 30.6 Å². The first-order chi connectivity index (χ1) is 22.7. The van der Waals surface area contributed by atoms with Gasteiger partial charge in [-0.2, -0.15) is 0 Å². The molecular weight excluding hydrogens is 602 g/mol. The van der Waals surface area contributed by atoms with E-state index in [2.05, 4.69) is 25.9 Å². The summed E-state index contributed by atoms with van der Waals surface area (Å²) in [5.74, 6) is -0.907. The number of aromatic amines is 1. The van der Waals surface area contributed by atoms with Gasteiger partial charge in [-0.15, -0.1) is 0 Å². The molecule has 2 bridgehead atoms. The lowest BCUT2D eigenvalue weighted by Crippen LogP contribution is -2.50. The molecule has 252 valence electrons. The van der Waals surface area contributed by atoms with Crippen molar-refractivity contribution in [3.8, 4) is 5.88 Å². The second-order valence-corrected chi connectivity index (χ2v) is 12.4. The Morgan fingerprint density at radius 2 is 1.74 bits per heavy atom. The number of ether oxygens (including phenoxy) is 1. The first-order valence-corrected chi connectivity index (χ1v) is 16.6. The van der Waals surface area contributed by atoms with Gasteiger partial charge >= 0.3 is 5.69 Å². The Balaban J connectivity index is 1.38. The summed E-state index contributed by atoms with van der Waals surface area (Å²) in [6, 6.07) is 6.21. The van der Waals surface area contributed by atoms with E-state index in [0.717, 1.165) is 30.5 Å². The van der Waals surface area contributed by atoms with Crippen LogP contribution >= 0.6 is 0 Å². The van der Waals surface area contributed by atoms with Crippen molar-refractivity contribution in [2.75, 3.05) is 33.3 Å². The third kappa shape index (κ3) is 7.83. The number of benzene rings is 1. The maximum atomic E-state index is 13.9. The van der Waals surface area contributed by atoms with Gasteiger partial charge in [0, 0.05) is 50.4 Å². The lowest BCUT2D eigenvalue weighted by Gasteiger charge is -2.25. The summed E-state index contributed by atoms with van der Waals surface area (Å²) < 4.78 is 7.07. The van der Waals surface area contributed by atoms with Gasteiger partial charge in [0.1, 0.15) is 11.6 Å². The van der Waals surface area contributed by atoms with Crippen LogP contribution in [-0.2, 0) is 29.0 Å². The molecule has 1 aliphatic carbocycles. The number of carbonyl (C=O) groups excluding carboxylic acids is 4. The Morgan fingerprint density at radius 3 is 2.53 bits per heavy atom. The van der Waals surface area contributed by atoms with Crippen molar-refractivity contribution in [2.45, 2.75) is 77.8 Å². The molecular formula is C34H45N7O6. The largest absolute Gasteiger partial charge is 0.480 e. The molecule has 2 atom stereocenters. The number of fused-ring (bicyclic) bond motifs is 2. The van der Waals surface area contributed by atoms with Crippen molar-refractivity contribution < 1.29 is 23.9 Å². The lowest BCUT2D eigenvalue weighted by atomic mass is 9.98. The van der Waals surface area contributed by atoms with E-state index in [1.54, 1.807) is 27.7 Å². The molecule has 0 spiro atoms. The fourth-order valence-corrected chi connectivity index (χ4v) is 6.27. The number of nitrogens with one attached hydrogen (secondary N) is 4. The van der Waals surface area contributed by atoms with Crippen LogP contribution in [0.25, 0.3) is 11.0 Å². The Hall–Kier alpha value is -4.68. The standard InChI is InChI=1S/C34H45N7O6/c1-4-21(2)29-31(44)36-15-8-18-41-27-20-23(12-13-26(27)38-34(41)46)30(43)35-14-7-17-40(16-6-11-28(42)39-29)33(45)24-19-22-9-5-10-25(22)37-32(24)47-3/h12-13,19-21,29H,4-11,14-18H2,1-3H3,(H,35,43)(H,36,44)(H,38,46)(H,39,42)/t21-,29-/m0/s1. The second kappa shape index (κ2) is 15.3. The Morgan fingerprint density at radius 1 is 0.979 bits per heavy atom. The monoisotopic (exact) mass is 647 g/mol. The SMILES string of the molecule is CC[C@H](C)[C@@H]1NC(=O)CCCN(C(=O)c2cc3c(nc2OC)CCC3)CCCNC(=O)c2ccc3[nH]c(=O)n(c3c2)CCCNC1=O. The molecule has 3 heterocycles. The summed E-state index contributed by atoms with van der Waals surface area (Å²) in [7, 11) is 1.50. The molecule has 0 fully saturated rings. The highest BCUT2D eigenvalue weighted by Gasteiger charge is 2.27. The van der Waals surface area contributed by atoms with Gasteiger partial charge in [-0.25, -0.2) is 9.78 Å². The average Bonchev–Trinajstić information content (AvgIpc) is 3.66. The zero-order chi connectivity index (χ0) is 33.5. The third-order valence-corrected chi connectivity index (χ3v) is 9.16. The number of carbonyl (C=O) groups is 4. The number of hydrogen-bond acceptors (Lipinski definition) is 7. The van der Waals surface area contributed by atoms with Crippen LogP contribution in [0.3, 0.4) is 0 Å². The van der Waals surface area contributed by atoms with Crippen LogP contribution in [0.5, 0.6) is 5.88 Å². The highest BCUT2D eigenvalue weighted by molar-refractivity contribution is 5.98. The molecule has 47 heavy (non-hydrogen) atoms. The van der Waals surface area contributed by atoms with E-state index in [1.165, 1.54) is 7.11 Å². The zero-order valence-electron chi connectivity index (χ0n) is 27.4. The molecule has 1 aromatic carbocycles. The van der Waals surface area contributed by atoms with Crippen LogP contribution in [0.1, 0.15) is 84.3 Å². The summed E-state index contributed by atoms with van der Waals surface area (Å²) in [5, 5.41) is 8.75. The minimum atomic E-state index is -0.712. The number of nitrogens with zero attached hydrogens (tertiary/aromatic N) is 3. The number of amides is 4. The summed E-state index contributed by atoms with van der Waals surface area (Å²) in [6.07, 6.45) is 4.83. The molecule has 0 unspecified atom stereocenters. The molecule has 2 aromatic heterocycles. The van der Waals surface area contributed by atoms with Crippen LogP contribution in [0, 0.1) is 5.92 Å². The van der Waals surface area contributed by atoms with Gasteiger partial charge in [0.25, 0.3) is 11.8 Å². The highest BCUT2D eigenvalue weighted by Crippen LogP contribution is 2.27. The van der Waals surface area contributed by atoms with Gasteiger partial charge in [0.05, 0.1) is 18.1 Å². The number of methoxy groups -OCH3 is 1. The fraction of sp³-hybridized carbons (Fsp3) is 0.529. The first kappa shape index (κ1) is 33.7. The summed E-state index contributed by atoms with van der Waals surface area (Å²) in [4.78, 5) is 75.1. The van der Waals surface area contributed by atoms with Gasteiger partial charge in [0.15, 0.2) is 0 Å². The Kier molecular flexibility index (Phi) is 10.9. The first-order valence-electron chi connectivity index (χ1n) is 16.6. The van der Waals surface area contributed by atoms with E-state index < -0.39 is 6.04 Å². The molecule has 2 aliphatic rings. The number of imidazole rings is 1. The summed E-state index contributed by atoms with van der Waals surface area (Å²) >= 11 is 0. The van der Waals surface area contributed by atoms with Crippen molar-refractivity contribution in [3.05, 3.63) is 57.1 Å². The van der Waals surface area contributed by atoms with Crippen LogP contribution in [0.15, 0.2) is 29.1 Å². The molecule has 0 saturated carbocycles. The smallest absolute Gasteiger partial charge is 0.326 e. The second-order valence-electron chi connectivity index (χ2n) is 12.4. The quantitative estimate of drug-likeness (QED) is 0.337. The summed E-state index contributed by atoms with van der Waals surface area (Å²) in [6.45, 7) is 5.45. The van der Waals surface area contributed by atoms with Crippen LogP contribution in [0.4, 0.5) is 0 Å². The molecule has 5 rings (SSSR count). The minimum Gasteiger partial charge on any atom is -0.480 e. The van der Waals surface area contributed by atoms with Gasteiger partial charge in [-0.1, -0.05) is 20.3 Å². The van der Waals surface area contributed by atoms with E-state index in [1.807, 2.05) is 19.9 Å². The molecule has 4 amide bonds. The van der Waals surface area contributed by atoms with Crippen LogP contribution in [0.2, 0.25) is 0 Å². The molecule has 1 aliphatic heterocycles. The number of hydrogen-bond donors (Lipinski definition) is 4. The van der Waals surface area contributed by atoms with E-state index >= 15 is 0 Å². The molecule has 0 saturated heterocycles. The predicted octanol–water partition coefficient (Wildman–Crippen LogP) is 2.32. The molecule has 13 nitrogen and oxygen atoms in total. The number of aromatic nitrogens is 3. The van der Waals surface area contributed by atoms with Crippen molar-refractivity contribution in [1.29, 1.82) is 0 Å². The van der Waals surface area contributed by atoms with Gasteiger partial charge in [0.2, 0.25) is 17.7 Å². The molecule has 13 heteroatoms. The summed E-state index contributed by atoms with van der Waals surface area (Å²) in [5.41, 5.74) is 3.70. The maximum Gasteiger partial charge on any atom is 0.326 e. The van der Waals surface area contributed by atoms with Gasteiger partial charge in [-0.3, -0.25) is 23.7 Å². The normalized spacial score (nSPS) is 19.3. The lowest BCUT2D eigenvalue weighted by molar-refractivity contribution is -0.130. The van der Waals surface area contributed by atoms with Crippen molar-refractivity contribution in [2.24, 2.45) is 5.92 Å². The van der Waals surface area contributed by atoms with Crippen molar-refractivity contribution >= 4 is 34.7 Å². The Bertz CT molecular complexity index is 1700. The van der Waals surface area contributed by atoms with Crippen molar-refractivity contribution in [1.82, 2.24) is 35.4 Å². The highest BCUT2D eigenvalue weighted by atomic mass is 16.5. The third-order valence-electron chi connectivity index (χ3n) is 9.16. The fourth-order valence-electron chi connectivity index (χ4n) is 6.27. The van der Waals surface area contributed by atoms with Gasteiger partial charge in [-0.05, 0) is 74.3 Å². The maximum absolute atomic E-state index is 13.9. The number of H-pyrrole nitrogens is 1. The predicted molar refractivity (Wildman–Crippen MR) is 176 cm³/mol.